The number of amides is 1. The Morgan fingerprint density at radius 2 is 1.94 bits per heavy atom. The summed E-state index contributed by atoms with van der Waals surface area (Å²) in [5.41, 5.74) is 8.03. The van der Waals surface area contributed by atoms with Crippen LogP contribution in [0.4, 0.5) is 10.6 Å². The maximum absolute atomic E-state index is 11.4. The van der Waals surface area contributed by atoms with Crippen LogP contribution in [-0.2, 0) is 4.74 Å². The second kappa shape index (κ2) is 9.84. The molecule has 4 heterocycles. The zero-order chi connectivity index (χ0) is 24.3. The molecule has 0 aliphatic heterocycles. The summed E-state index contributed by atoms with van der Waals surface area (Å²) < 4.78 is 5.19. The van der Waals surface area contributed by atoms with Crippen molar-refractivity contribution in [1.29, 1.82) is 0 Å². The van der Waals surface area contributed by atoms with Gasteiger partial charge in [0.25, 0.3) is 0 Å². The molecular weight excluding hydrogens is 456 g/mol. The van der Waals surface area contributed by atoms with Gasteiger partial charge in [0, 0.05) is 17.6 Å². The number of ether oxygens (including phenoxy) is 1. The minimum absolute atomic E-state index is 0.274. The molecule has 10 nitrogen and oxygen atoms in total. The highest BCUT2D eigenvalue weighted by molar-refractivity contribution is 6.38. The number of hydrogen-bond donors (Lipinski definition) is 4. The lowest BCUT2D eigenvalue weighted by molar-refractivity contribution is 0.0493. The number of nitrogens with zero attached hydrogens (tertiary/aromatic N) is 4. The van der Waals surface area contributed by atoms with Crippen LogP contribution in [0.2, 0.25) is 5.02 Å². The molecule has 0 aromatic carbocycles. The van der Waals surface area contributed by atoms with Gasteiger partial charge in [-0.05, 0) is 45.7 Å². The highest BCUT2D eigenvalue weighted by Crippen LogP contribution is 2.36. The molecule has 1 fully saturated rings. The molecule has 11 heteroatoms. The molecule has 1 amide bonds. The van der Waals surface area contributed by atoms with Crippen molar-refractivity contribution in [3.05, 3.63) is 29.7 Å². The zero-order valence-corrected chi connectivity index (χ0v) is 20.2. The number of H-pyrrole nitrogens is 2. The Labute approximate surface area is 202 Å². The number of nitrogens with two attached hydrogens (primary N) is 1. The van der Waals surface area contributed by atoms with Crippen LogP contribution < -0.4 is 11.1 Å². The number of anilines is 1. The van der Waals surface area contributed by atoms with Gasteiger partial charge in [0.1, 0.15) is 23.4 Å². The fourth-order valence-electron chi connectivity index (χ4n) is 3.94. The van der Waals surface area contributed by atoms with Gasteiger partial charge in [-0.1, -0.05) is 30.9 Å². The first-order valence-corrected chi connectivity index (χ1v) is 11.7. The summed E-state index contributed by atoms with van der Waals surface area (Å²) in [5.74, 6) is 0.349. The summed E-state index contributed by atoms with van der Waals surface area (Å²) in [7, 11) is 0. The van der Waals surface area contributed by atoms with E-state index in [1.165, 1.54) is 25.6 Å². The van der Waals surface area contributed by atoms with Crippen molar-refractivity contribution in [2.75, 3.05) is 5.73 Å². The maximum Gasteiger partial charge on any atom is 0.407 e. The van der Waals surface area contributed by atoms with Crippen molar-refractivity contribution in [1.82, 2.24) is 35.5 Å². The van der Waals surface area contributed by atoms with Crippen LogP contribution in [0.5, 0.6) is 0 Å². The Hall–Kier alpha value is -3.40. The van der Waals surface area contributed by atoms with Crippen molar-refractivity contribution >= 4 is 45.6 Å². The molecular formula is C23H29ClN8O2. The van der Waals surface area contributed by atoms with Crippen molar-refractivity contribution < 1.29 is 9.53 Å². The molecule has 1 saturated carbocycles. The van der Waals surface area contributed by atoms with E-state index in [9.17, 15) is 4.79 Å². The van der Waals surface area contributed by atoms with Crippen molar-refractivity contribution in [2.45, 2.75) is 64.5 Å². The normalized spacial score (nSPS) is 14.6. The lowest BCUT2D eigenvalue weighted by atomic mass is 9.96. The molecule has 4 aromatic heterocycles. The molecule has 1 aliphatic rings. The molecule has 34 heavy (non-hydrogen) atoms. The smallest absolute Gasteiger partial charge is 0.407 e. The number of fused-ring (bicyclic) bond motifs is 2. The minimum atomic E-state index is -0.390. The SMILES string of the molecule is CC(C)(C)OC(=O)NC1CCCCC1.Nc1ncnc2n[nH]c(-c3[nH]c4ncccc4c3Cl)c12. The number of aromatic amines is 2. The predicted octanol–water partition coefficient (Wildman–Crippen LogP) is 4.98. The molecule has 0 spiro atoms. The van der Waals surface area contributed by atoms with Crippen molar-refractivity contribution in [3.8, 4) is 11.4 Å². The Balaban J connectivity index is 0.000000173. The van der Waals surface area contributed by atoms with Gasteiger partial charge in [0.05, 0.1) is 21.8 Å². The van der Waals surface area contributed by atoms with E-state index in [2.05, 4.69) is 35.5 Å². The fourth-order valence-corrected chi connectivity index (χ4v) is 4.24. The van der Waals surface area contributed by atoms with E-state index < -0.39 is 5.60 Å². The summed E-state index contributed by atoms with van der Waals surface area (Å²) in [6, 6.07) is 4.05. The van der Waals surface area contributed by atoms with E-state index >= 15 is 0 Å². The topological polar surface area (TPSA) is 147 Å². The van der Waals surface area contributed by atoms with Crippen LogP contribution in [0.3, 0.4) is 0 Å². The van der Waals surface area contributed by atoms with Crippen LogP contribution in [0.25, 0.3) is 33.5 Å². The molecule has 0 radical (unpaired) electrons. The highest BCUT2D eigenvalue weighted by atomic mass is 35.5. The van der Waals surface area contributed by atoms with E-state index in [0.29, 0.717) is 45.0 Å². The van der Waals surface area contributed by atoms with Crippen LogP contribution in [0.15, 0.2) is 24.7 Å². The van der Waals surface area contributed by atoms with Gasteiger partial charge in [0.15, 0.2) is 5.65 Å². The number of carbonyl (C=O) groups is 1. The number of halogens is 1. The quantitative estimate of drug-likeness (QED) is 0.313. The van der Waals surface area contributed by atoms with E-state index in [0.717, 1.165) is 18.2 Å². The summed E-state index contributed by atoms with van der Waals surface area (Å²) >= 11 is 6.40. The molecule has 0 bridgehead atoms. The van der Waals surface area contributed by atoms with Gasteiger partial charge in [-0.25, -0.2) is 19.7 Å². The third-order valence-electron chi connectivity index (χ3n) is 5.46. The molecule has 0 unspecified atom stereocenters. The predicted molar refractivity (Wildman–Crippen MR) is 132 cm³/mol. The van der Waals surface area contributed by atoms with Crippen molar-refractivity contribution in [2.24, 2.45) is 0 Å². The first-order valence-electron chi connectivity index (χ1n) is 11.3. The monoisotopic (exact) mass is 484 g/mol. The maximum atomic E-state index is 11.4. The molecule has 5 rings (SSSR count). The standard InChI is InChI=1S/C12H8ClN7.C11H21NO2/c13-7-5-2-1-3-15-11(5)18-9(7)8-6-10(14)16-4-17-12(6)20-19-8;1-11(2,3)14-10(13)12-9-7-5-4-6-8-9/h1-4H,(H,15,18)(H3,14,16,17,19,20);9H,4-8H2,1-3H3,(H,12,13). The molecule has 4 aromatic rings. The fraction of sp³-hybridized carbons (Fsp3) is 0.435. The van der Waals surface area contributed by atoms with E-state index in [1.54, 1.807) is 6.20 Å². The first-order chi connectivity index (χ1) is 16.2. The Kier molecular flexibility index (Phi) is 6.87. The Bertz CT molecular complexity index is 1290. The van der Waals surface area contributed by atoms with Gasteiger partial charge in [-0.3, -0.25) is 5.10 Å². The number of pyridine rings is 1. The average molecular weight is 485 g/mol. The van der Waals surface area contributed by atoms with Gasteiger partial charge in [-0.2, -0.15) is 5.10 Å². The largest absolute Gasteiger partial charge is 0.444 e. The lowest BCUT2D eigenvalue weighted by Gasteiger charge is -2.25. The molecule has 0 atom stereocenters. The molecule has 180 valence electrons. The lowest BCUT2D eigenvalue weighted by Crippen LogP contribution is -2.39. The second-order valence-electron chi connectivity index (χ2n) is 9.25. The third-order valence-corrected chi connectivity index (χ3v) is 5.86. The van der Waals surface area contributed by atoms with E-state index in [1.807, 2.05) is 32.9 Å². The zero-order valence-electron chi connectivity index (χ0n) is 19.5. The van der Waals surface area contributed by atoms with Gasteiger partial charge in [-0.15, -0.1) is 0 Å². The third kappa shape index (κ3) is 5.39. The number of aromatic nitrogens is 6. The summed E-state index contributed by atoms with van der Waals surface area (Å²) in [6.07, 6.45) is 8.73. The summed E-state index contributed by atoms with van der Waals surface area (Å²) in [5, 5.41) is 12.0. The number of nitrogen functional groups attached to an aromatic ring is 1. The van der Waals surface area contributed by atoms with Crippen LogP contribution >= 0.6 is 11.6 Å². The summed E-state index contributed by atoms with van der Waals surface area (Å²) in [6.45, 7) is 5.65. The number of hydrogen-bond acceptors (Lipinski definition) is 7. The van der Waals surface area contributed by atoms with Gasteiger partial charge < -0.3 is 20.8 Å². The molecule has 5 N–H and O–H groups in total. The van der Waals surface area contributed by atoms with Gasteiger partial charge >= 0.3 is 6.09 Å². The number of alkyl carbamates (subject to hydrolysis) is 1. The highest BCUT2D eigenvalue weighted by Gasteiger charge is 2.21. The van der Waals surface area contributed by atoms with Crippen LogP contribution in [0.1, 0.15) is 52.9 Å². The first kappa shape index (κ1) is 23.7. The van der Waals surface area contributed by atoms with E-state index in [4.69, 9.17) is 22.1 Å². The summed E-state index contributed by atoms with van der Waals surface area (Å²) in [4.78, 5) is 26.8. The molecule has 0 saturated heterocycles. The second-order valence-corrected chi connectivity index (χ2v) is 9.63. The number of rotatable bonds is 2. The Morgan fingerprint density at radius 3 is 2.65 bits per heavy atom. The van der Waals surface area contributed by atoms with Gasteiger partial charge in [0.2, 0.25) is 0 Å². The van der Waals surface area contributed by atoms with E-state index in [-0.39, 0.29) is 6.09 Å². The van der Waals surface area contributed by atoms with Crippen LogP contribution in [0, 0.1) is 0 Å². The average Bonchev–Trinajstić information content (AvgIpc) is 3.36. The van der Waals surface area contributed by atoms with Crippen LogP contribution in [-0.4, -0.2) is 47.9 Å². The van der Waals surface area contributed by atoms with Crippen molar-refractivity contribution in [3.63, 3.8) is 0 Å². The number of nitrogens with one attached hydrogen (secondary N) is 3. The Morgan fingerprint density at radius 1 is 1.18 bits per heavy atom. The number of carbonyl (C=O) groups excluding carboxylic acids is 1. The molecule has 1 aliphatic carbocycles. The minimum Gasteiger partial charge on any atom is -0.444 e.